The highest BCUT2D eigenvalue weighted by atomic mass is 35.5. The molecule has 0 spiro atoms. The van der Waals surface area contributed by atoms with Crippen molar-refractivity contribution in [3.63, 3.8) is 0 Å². The minimum atomic E-state index is 0.203. The summed E-state index contributed by atoms with van der Waals surface area (Å²) in [6.45, 7) is 0. The first kappa shape index (κ1) is 13.9. The van der Waals surface area contributed by atoms with Gasteiger partial charge in [0.1, 0.15) is 5.75 Å². The molecular weight excluding hydrogens is 290 g/mol. The van der Waals surface area contributed by atoms with Crippen molar-refractivity contribution in [3.8, 4) is 5.75 Å². The highest BCUT2D eigenvalue weighted by Crippen LogP contribution is 2.37. The molecule has 1 atom stereocenters. The van der Waals surface area contributed by atoms with Gasteiger partial charge in [-0.15, -0.1) is 11.3 Å². The molecule has 0 fully saturated rings. The van der Waals surface area contributed by atoms with Gasteiger partial charge < -0.3 is 10.1 Å². The summed E-state index contributed by atoms with van der Waals surface area (Å²) >= 11 is 8.17. The van der Waals surface area contributed by atoms with Gasteiger partial charge in [0.25, 0.3) is 0 Å². The fourth-order valence-electron chi connectivity index (χ4n) is 2.83. The van der Waals surface area contributed by atoms with E-state index in [1.807, 2.05) is 30.5 Å². The first-order valence-electron chi connectivity index (χ1n) is 6.85. The van der Waals surface area contributed by atoms with E-state index < -0.39 is 0 Å². The zero-order valence-corrected chi connectivity index (χ0v) is 13.3. The van der Waals surface area contributed by atoms with Gasteiger partial charge in [-0.2, -0.15) is 0 Å². The molecule has 1 aliphatic rings. The van der Waals surface area contributed by atoms with E-state index in [1.54, 1.807) is 12.0 Å². The lowest BCUT2D eigenvalue weighted by Gasteiger charge is -2.16. The Morgan fingerprint density at radius 2 is 2.15 bits per heavy atom. The van der Waals surface area contributed by atoms with Crippen LogP contribution in [0.2, 0.25) is 5.02 Å². The molecule has 3 rings (SSSR count). The quantitative estimate of drug-likeness (QED) is 0.913. The molecule has 2 aromatic rings. The first-order valence-corrected chi connectivity index (χ1v) is 8.04. The van der Waals surface area contributed by atoms with Crippen molar-refractivity contribution in [3.05, 3.63) is 50.2 Å². The Morgan fingerprint density at radius 3 is 2.80 bits per heavy atom. The van der Waals surface area contributed by atoms with E-state index in [9.17, 15) is 0 Å². The summed E-state index contributed by atoms with van der Waals surface area (Å²) in [6.07, 6.45) is 3.77. The number of ether oxygens (including phenoxy) is 1. The normalized spacial score (nSPS) is 15.2. The summed E-state index contributed by atoms with van der Waals surface area (Å²) < 4.78 is 5.22. The molecule has 0 radical (unpaired) electrons. The first-order chi connectivity index (χ1) is 9.72. The number of halogens is 1. The molecule has 106 valence electrons. The topological polar surface area (TPSA) is 21.3 Å². The van der Waals surface area contributed by atoms with E-state index in [2.05, 4.69) is 17.4 Å². The summed E-state index contributed by atoms with van der Waals surface area (Å²) in [4.78, 5) is 2.93. The zero-order chi connectivity index (χ0) is 14.1. The number of aryl methyl sites for hydroxylation is 2. The summed E-state index contributed by atoms with van der Waals surface area (Å²) in [5.74, 6) is 0.721. The van der Waals surface area contributed by atoms with Gasteiger partial charge >= 0.3 is 0 Å². The average molecular weight is 308 g/mol. The Hall–Kier alpha value is -1.03. The molecule has 1 heterocycles. The molecule has 20 heavy (non-hydrogen) atoms. The van der Waals surface area contributed by atoms with Crippen LogP contribution in [0.1, 0.15) is 33.3 Å². The molecule has 0 saturated heterocycles. The summed E-state index contributed by atoms with van der Waals surface area (Å²) in [7, 11) is 3.63. The standard InChI is InChI=1S/C16H18ClNOS/c1-18-16(11-6-7-13(19-2)12(17)8-11)15-9-10-4-3-5-14(10)20-15/h6-9,16,18H,3-5H2,1-2H3. The smallest absolute Gasteiger partial charge is 0.137 e. The lowest BCUT2D eigenvalue weighted by atomic mass is 10.0. The zero-order valence-electron chi connectivity index (χ0n) is 11.7. The monoisotopic (exact) mass is 307 g/mol. The predicted octanol–water partition coefficient (Wildman–Crippen LogP) is 4.21. The Labute approximate surface area is 128 Å². The van der Waals surface area contributed by atoms with Crippen molar-refractivity contribution < 1.29 is 4.74 Å². The van der Waals surface area contributed by atoms with E-state index >= 15 is 0 Å². The highest BCUT2D eigenvalue weighted by molar-refractivity contribution is 7.12. The van der Waals surface area contributed by atoms with E-state index in [1.165, 1.54) is 35.3 Å². The van der Waals surface area contributed by atoms with Gasteiger partial charge in [-0.25, -0.2) is 0 Å². The third kappa shape index (κ3) is 2.46. The maximum absolute atomic E-state index is 6.24. The SMILES string of the molecule is CNC(c1ccc(OC)c(Cl)c1)c1cc2c(s1)CCC2. The van der Waals surface area contributed by atoms with Crippen LogP contribution in [0.5, 0.6) is 5.75 Å². The molecule has 1 aromatic carbocycles. The summed E-state index contributed by atoms with van der Waals surface area (Å²) in [6, 6.07) is 8.56. The summed E-state index contributed by atoms with van der Waals surface area (Å²) in [5.41, 5.74) is 2.71. The van der Waals surface area contributed by atoms with E-state index in [0.717, 1.165) is 5.75 Å². The third-order valence-electron chi connectivity index (χ3n) is 3.85. The van der Waals surface area contributed by atoms with Crippen LogP contribution in [0.25, 0.3) is 0 Å². The van der Waals surface area contributed by atoms with Gasteiger partial charge in [-0.3, -0.25) is 0 Å². The Kier molecular flexibility index (Phi) is 4.01. The van der Waals surface area contributed by atoms with Gasteiger partial charge in [-0.1, -0.05) is 17.7 Å². The van der Waals surface area contributed by atoms with E-state index in [0.29, 0.717) is 5.02 Å². The number of hydrogen-bond donors (Lipinski definition) is 1. The fourth-order valence-corrected chi connectivity index (χ4v) is 4.49. The van der Waals surface area contributed by atoms with Crippen LogP contribution in [0.15, 0.2) is 24.3 Å². The lowest BCUT2D eigenvalue weighted by Crippen LogP contribution is -2.16. The second-order valence-electron chi connectivity index (χ2n) is 5.07. The molecule has 1 N–H and O–H groups in total. The van der Waals surface area contributed by atoms with Crippen LogP contribution in [0, 0.1) is 0 Å². The molecule has 4 heteroatoms. The number of rotatable bonds is 4. The number of nitrogens with one attached hydrogen (secondary N) is 1. The van der Waals surface area contributed by atoms with Crippen LogP contribution < -0.4 is 10.1 Å². The maximum atomic E-state index is 6.24. The highest BCUT2D eigenvalue weighted by Gasteiger charge is 2.21. The maximum Gasteiger partial charge on any atom is 0.137 e. The van der Waals surface area contributed by atoms with Crippen LogP contribution in [-0.4, -0.2) is 14.2 Å². The van der Waals surface area contributed by atoms with Crippen molar-refractivity contribution in [2.45, 2.75) is 25.3 Å². The van der Waals surface area contributed by atoms with E-state index in [-0.39, 0.29) is 6.04 Å². The molecule has 0 saturated carbocycles. The second kappa shape index (κ2) is 5.76. The molecule has 2 nitrogen and oxygen atoms in total. The number of hydrogen-bond acceptors (Lipinski definition) is 3. The van der Waals surface area contributed by atoms with Crippen LogP contribution >= 0.6 is 22.9 Å². The minimum absolute atomic E-state index is 0.203. The molecule has 0 aliphatic heterocycles. The molecular formula is C16H18ClNOS. The average Bonchev–Trinajstić information content (AvgIpc) is 3.01. The van der Waals surface area contributed by atoms with Crippen molar-refractivity contribution in [1.82, 2.24) is 5.32 Å². The van der Waals surface area contributed by atoms with Crippen molar-refractivity contribution in [2.75, 3.05) is 14.2 Å². The third-order valence-corrected chi connectivity index (χ3v) is 5.45. The second-order valence-corrected chi connectivity index (χ2v) is 6.64. The van der Waals surface area contributed by atoms with Gasteiger partial charge in [0.15, 0.2) is 0 Å². The van der Waals surface area contributed by atoms with Crippen molar-refractivity contribution >= 4 is 22.9 Å². The largest absolute Gasteiger partial charge is 0.495 e. The Bertz CT molecular complexity index is 601. The van der Waals surface area contributed by atoms with Crippen LogP contribution in [-0.2, 0) is 12.8 Å². The molecule has 0 amide bonds. The fraction of sp³-hybridized carbons (Fsp3) is 0.375. The number of methoxy groups -OCH3 is 1. The van der Waals surface area contributed by atoms with E-state index in [4.69, 9.17) is 16.3 Å². The Balaban J connectivity index is 1.94. The molecule has 0 bridgehead atoms. The lowest BCUT2D eigenvalue weighted by molar-refractivity contribution is 0.414. The minimum Gasteiger partial charge on any atom is -0.495 e. The number of fused-ring (bicyclic) bond motifs is 1. The van der Waals surface area contributed by atoms with Crippen LogP contribution in [0.4, 0.5) is 0 Å². The number of thiophene rings is 1. The van der Waals surface area contributed by atoms with Crippen molar-refractivity contribution in [2.24, 2.45) is 0 Å². The molecule has 1 aliphatic carbocycles. The number of benzene rings is 1. The molecule has 1 unspecified atom stereocenters. The van der Waals surface area contributed by atoms with Gasteiger partial charge in [-0.05, 0) is 55.6 Å². The van der Waals surface area contributed by atoms with Gasteiger partial charge in [0.2, 0.25) is 0 Å². The van der Waals surface area contributed by atoms with Crippen LogP contribution in [0.3, 0.4) is 0 Å². The Morgan fingerprint density at radius 1 is 1.30 bits per heavy atom. The van der Waals surface area contributed by atoms with Crippen molar-refractivity contribution in [1.29, 1.82) is 0 Å². The molecule has 1 aromatic heterocycles. The van der Waals surface area contributed by atoms with Gasteiger partial charge in [0.05, 0.1) is 18.2 Å². The predicted molar refractivity (Wildman–Crippen MR) is 85.3 cm³/mol. The van der Waals surface area contributed by atoms with Gasteiger partial charge in [0, 0.05) is 9.75 Å². The summed E-state index contributed by atoms with van der Waals surface area (Å²) in [5, 5.41) is 4.06.